The summed E-state index contributed by atoms with van der Waals surface area (Å²) in [6.07, 6.45) is 21.9. The van der Waals surface area contributed by atoms with Crippen LogP contribution in [0.3, 0.4) is 0 Å². The van der Waals surface area contributed by atoms with E-state index in [1.807, 2.05) is 82.6 Å². The Morgan fingerprint density at radius 2 is 0.876 bits per heavy atom. The zero-order chi connectivity index (χ0) is 80.6. The molecule has 8 aromatic rings. The molecule has 3 aromatic carbocycles. The van der Waals surface area contributed by atoms with Crippen molar-refractivity contribution in [1.82, 2.24) is 60.1 Å². The number of aromatic nitrogens is 6. The number of aromatic amines is 3. The number of imidazole rings is 1. The molecule has 604 valence electrons. The first-order valence-corrected chi connectivity index (χ1v) is 41.9. The zero-order valence-corrected chi connectivity index (χ0v) is 70.5. The molecule has 25 heteroatoms. The maximum Gasteiger partial charge on any atom is 0.251 e. The highest BCUT2D eigenvalue weighted by Gasteiger charge is 2.36. The van der Waals surface area contributed by atoms with Crippen LogP contribution in [0.25, 0.3) is 17.1 Å². The standard InChI is InChI=1S/C88H115Cl3N16O6/c1-14-103(66-26-20-63(21-27-66)100(10)11)76-45-61(90)43-71(57(76)8)87(112)95-49-74-80(109)40-54(5)98-84(74)106-37-18-17-19-69(106)51-101(12)64-22-28-67(29-23-64)104(15-2)78-47-62(91)44-72(58(78)9)88(113)96-50-75-81(110)41-55(6)99-85(75)107-38-36-93-82(107)52-102(13)65-24-30-68(31-25-65)105(16-3)77-46-60(89)42-70(56(77)7)86(111)94-48-73-79(108)39-53(4)97-83(73)59-32-34-92-35-33-59/h32-36,38-47,63-69H,14-31,37,48-52H2,1-13H3,(H,94,111)(H,95,112)(H,96,113)(H,97,108)(H,98,109)(H,99,110). The summed E-state index contributed by atoms with van der Waals surface area (Å²) in [6, 6.07) is 21.5. The number of hydrogen-bond donors (Lipinski definition) is 6. The van der Waals surface area contributed by atoms with Crippen LogP contribution in [0.5, 0.6) is 0 Å². The van der Waals surface area contributed by atoms with Crippen molar-refractivity contribution in [2.45, 2.75) is 227 Å². The van der Waals surface area contributed by atoms with Gasteiger partial charge in [-0.05, 0) is 252 Å². The summed E-state index contributed by atoms with van der Waals surface area (Å²) in [6.45, 7) is 22.4. The van der Waals surface area contributed by atoms with E-state index in [4.69, 9.17) is 39.8 Å². The van der Waals surface area contributed by atoms with Crippen LogP contribution in [0, 0.1) is 41.5 Å². The van der Waals surface area contributed by atoms with Gasteiger partial charge in [-0.2, -0.15) is 0 Å². The van der Waals surface area contributed by atoms with Crippen molar-refractivity contribution in [3.05, 3.63) is 210 Å². The highest BCUT2D eigenvalue weighted by molar-refractivity contribution is 6.32. The summed E-state index contributed by atoms with van der Waals surface area (Å²) in [4.78, 5) is 121. The van der Waals surface area contributed by atoms with Crippen LogP contribution in [0.4, 0.5) is 22.9 Å². The van der Waals surface area contributed by atoms with Gasteiger partial charge in [-0.15, -0.1) is 0 Å². The first-order chi connectivity index (χ1) is 54.2. The monoisotopic (exact) mass is 1600 g/mol. The first kappa shape index (κ1) is 83.7. The van der Waals surface area contributed by atoms with Crippen LogP contribution >= 0.6 is 34.8 Å². The molecule has 4 aliphatic rings. The maximum atomic E-state index is 14.6. The van der Waals surface area contributed by atoms with Gasteiger partial charge in [0.2, 0.25) is 0 Å². The smallest absolute Gasteiger partial charge is 0.251 e. The number of pyridine rings is 4. The molecule has 3 amide bonds. The number of carbonyl (C=O) groups excluding carboxylic acids is 3. The van der Waals surface area contributed by atoms with E-state index in [0.29, 0.717) is 109 Å². The number of H-pyrrole nitrogens is 3. The number of nitrogens with zero attached hydrogens (tertiary/aromatic N) is 10. The number of hydrogen-bond acceptors (Lipinski definition) is 15. The minimum Gasteiger partial charge on any atom is -0.369 e. The number of piperidine rings is 1. The van der Waals surface area contributed by atoms with Crippen molar-refractivity contribution in [2.24, 2.45) is 0 Å². The normalized spacial score (nSPS) is 19.4. The van der Waals surface area contributed by atoms with E-state index in [-0.39, 0.29) is 77.8 Å². The largest absolute Gasteiger partial charge is 0.369 e. The van der Waals surface area contributed by atoms with Crippen molar-refractivity contribution in [3.63, 3.8) is 0 Å². The van der Waals surface area contributed by atoms with E-state index in [0.717, 1.165) is 173 Å². The Balaban J connectivity index is 0.653. The van der Waals surface area contributed by atoms with Crippen molar-refractivity contribution in [2.75, 3.05) is 80.5 Å². The molecule has 1 saturated heterocycles. The molecule has 0 radical (unpaired) electrons. The third kappa shape index (κ3) is 19.1. The topological polar surface area (TPSA) is 239 Å². The first-order valence-electron chi connectivity index (χ1n) is 40.7. The number of anilines is 4. The third-order valence-electron chi connectivity index (χ3n) is 24.8. The molecule has 1 aliphatic heterocycles. The van der Waals surface area contributed by atoms with Crippen molar-refractivity contribution in [3.8, 4) is 17.1 Å². The fourth-order valence-electron chi connectivity index (χ4n) is 18.6. The average Bonchev–Trinajstić information content (AvgIpc) is 1.65. The third-order valence-corrected chi connectivity index (χ3v) is 25.4. The van der Waals surface area contributed by atoms with Crippen LogP contribution in [-0.4, -0.2) is 165 Å². The van der Waals surface area contributed by atoms with Gasteiger partial charge in [0.1, 0.15) is 17.5 Å². The summed E-state index contributed by atoms with van der Waals surface area (Å²) < 4.78 is 1.93. The molecular weight excluding hydrogens is 1480 g/mol. The van der Waals surface area contributed by atoms with E-state index < -0.39 is 0 Å². The lowest BCUT2D eigenvalue weighted by molar-refractivity contribution is 0.0942. The number of likely N-dealkylation sites (N-methyl/N-ethyl adjacent to an activating group) is 1. The second kappa shape index (κ2) is 37.2. The number of halogens is 3. The minimum absolute atomic E-state index is 0.0201. The fraction of sp³-hybridized carbons (Fsp3) is 0.500. The van der Waals surface area contributed by atoms with Gasteiger partial charge in [0.15, 0.2) is 16.3 Å². The Morgan fingerprint density at radius 1 is 0.478 bits per heavy atom. The van der Waals surface area contributed by atoms with Gasteiger partial charge >= 0.3 is 0 Å². The van der Waals surface area contributed by atoms with Gasteiger partial charge in [-0.3, -0.25) is 43.2 Å². The molecule has 4 fully saturated rings. The predicted octanol–water partition coefficient (Wildman–Crippen LogP) is 14.7. The fourth-order valence-corrected chi connectivity index (χ4v) is 19.2. The molecule has 0 bridgehead atoms. The number of aryl methyl sites for hydroxylation is 3. The number of amides is 3. The van der Waals surface area contributed by atoms with Crippen molar-refractivity contribution >= 4 is 75.4 Å². The second-order valence-corrected chi connectivity index (χ2v) is 33.5. The highest BCUT2D eigenvalue weighted by atomic mass is 35.5. The Bertz CT molecular complexity index is 4900. The van der Waals surface area contributed by atoms with Crippen LogP contribution in [0.1, 0.15) is 204 Å². The van der Waals surface area contributed by atoms with Crippen LogP contribution < -0.4 is 51.8 Å². The Labute approximate surface area is 680 Å². The lowest BCUT2D eigenvalue weighted by Crippen LogP contribution is -2.51. The van der Waals surface area contributed by atoms with Crippen molar-refractivity contribution in [1.29, 1.82) is 0 Å². The predicted molar refractivity (Wildman–Crippen MR) is 458 cm³/mol. The maximum absolute atomic E-state index is 14.6. The molecule has 3 aliphatic carbocycles. The van der Waals surface area contributed by atoms with Crippen LogP contribution in [-0.2, 0) is 26.2 Å². The molecule has 1 unspecified atom stereocenters. The number of rotatable bonds is 28. The summed E-state index contributed by atoms with van der Waals surface area (Å²) in [5.41, 5.74) is 11.3. The van der Waals surface area contributed by atoms with E-state index in [9.17, 15) is 28.8 Å². The summed E-state index contributed by atoms with van der Waals surface area (Å²) in [7, 11) is 8.67. The molecule has 113 heavy (non-hydrogen) atoms. The lowest BCUT2D eigenvalue weighted by Gasteiger charge is -2.44. The lowest BCUT2D eigenvalue weighted by atomic mass is 9.88. The molecule has 12 rings (SSSR count). The van der Waals surface area contributed by atoms with Gasteiger partial charge in [-0.1, -0.05) is 34.8 Å². The summed E-state index contributed by atoms with van der Waals surface area (Å²) >= 11 is 20.7. The van der Waals surface area contributed by atoms with Gasteiger partial charge in [0.05, 0.1) is 36.5 Å². The van der Waals surface area contributed by atoms with Gasteiger partial charge in [-0.25, -0.2) is 4.98 Å². The molecule has 1 atom stereocenters. The van der Waals surface area contributed by atoms with Crippen molar-refractivity contribution < 1.29 is 14.4 Å². The summed E-state index contributed by atoms with van der Waals surface area (Å²) in [5.74, 6) is 1.15. The zero-order valence-electron chi connectivity index (χ0n) is 68.2. The molecule has 3 saturated carbocycles. The average molecular weight is 1600 g/mol. The van der Waals surface area contributed by atoms with E-state index in [1.165, 1.54) is 0 Å². The molecule has 0 spiro atoms. The Morgan fingerprint density at radius 3 is 1.33 bits per heavy atom. The highest BCUT2D eigenvalue weighted by Crippen LogP contribution is 2.40. The molecule has 6 N–H and O–H groups in total. The Hall–Kier alpha value is -8.77. The van der Waals surface area contributed by atoms with E-state index in [2.05, 4.69) is 119 Å². The molecule has 22 nitrogen and oxygen atoms in total. The van der Waals surface area contributed by atoms with E-state index >= 15 is 0 Å². The second-order valence-electron chi connectivity index (χ2n) is 32.2. The minimum atomic E-state index is -0.335. The van der Waals surface area contributed by atoms with Crippen LogP contribution in [0.15, 0.2) is 106 Å². The Kier molecular flexibility index (Phi) is 27.6. The van der Waals surface area contributed by atoms with Gasteiger partial charge in [0.25, 0.3) is 17.7 Å². The SMILES string of the molecule is CCN(c1cc(Cl)cc(C(=O)NCc2c(-c3ccncc3)[nH]c(C)cc2=O)c1C)C1CCC(N(C)Cc2nccn2-c2[nH]c(C)cc(=O)c2CNC(=O)c2cc(Cl)cc(N(CC)C3CCC(N(C)CC4CCCCN4c4[nH]c(C)cc(=O)c4CNC(=O)c4cc(Cl)cc(N(CC)C5CCC(N(C)C)CC5)c4C)CC3)c2C)CC1. The molecular formula is C88H115Cl3N16O6. The summed E-state index contributed by atoms with van der Waals surface area (Å²) in [5, 5.41) is 10.7. The van der Waals surface area contributed by atoms with E-state index in [1.54, 1.807) is 55.0 Å². The van der Waals surface area contributed by atoms with Gasteiger partial charge < -0.3 is 60.3 Å². The molecule has 6 heterocycles. The number of benzene rings is 3. The van der Waals surface area contributed by atoms with Gasteiger partial charge in [0, 0.05) is 202 Å². The quantitative estimate of drug-likeness (QED) is 0.0267. The number of carbonyl (C=O) groups is 3. The molecule has 5 aromatic heterocycles. The number of nitrogens with one attached hydrogen (secondary N) is 6. The van der Waals surface area contributed by atoms with Crippen LogP contribution in [0.2, 0.25) is 15.1 Å².